The van der Waals surface area contributed by atoms with Gasteiger partial charge in [0.1, 0.15) is 18.3 Å². The van der Waals surface area contributed by atoms with Crippen molar-refractivity contribution in [3.8, 4) is 0 Å². The van der Waals surface area contributed by atoms with Crippen LogP contribution in [0.25, 0.3) is 0 Å². The van der Waals surface area contributed by atoms with Gasteiger partial charge >= 0.3 is 0 Å². The maximum Gasteiger partial charge on any atom is 0.111 e. The van der Waals surface area contributed by atoms with E-state index in [0.717, 1.165) is 57.9 Å². The summed E-state index contributed by atoms with van der Waals surface area (Å²) >= 11 is 0. The van der Waals surface area contributed by atoms with Crippen LogP contribution in [0.5, 0.6) is 0 Å². The number of aliphatic hydroxyl groups excluding tert-OH is 6. The number of unbranched alkanes of at least 4 members (excludes halogenated alkanes) is 9. The minimum Gasteiger partial charge on any atom is -0.394 e. The van der Waals surface area contributed by atoms with Crippen LogP contribution in [0.1, 0.15) is 90.4 Å². The third kappa shape index (κ3) is 19.2. The second kappa shape index (κ2) is 23.8. The molecule has 0 aliphatic rings. The highest BCUT2D eigenvalue weighted by Crippen LogP contribution is 2.12. The second-order valence-electron chi connectivity index (χ2n) is 9.71. The van der Waals surface area contributed by atoms with Gasteiger partial charge in [-0.1, -0.05) is 70.4 Å². The smallest absolute Gasteiger partial charge is 0.111 e. The molecule has 0 aliphatic carbocycles. The number of hydrogen-bond acceptors (Lipinski definition) is 8. The molecule has 0 rings (SSSR count). The first-order chi connectivity index (χ1) is 16.9. The quantitative estimate of drug-likeness (QED) is 0.0823. The Morgan fingerprint density at radius 2 is 1.37 bits per heavy atom. The standard InChI is InChI=1S/C27H55NO7/c1-3-4-5-13-16-23(30)17-14-11-9-7-6-8-10-12-15-18-28(19-20-35-2)21-24(31)26(33)27(34)25(32)22-29/h11,14,23-27,29-34H,3-10,12-13,15-22H2,1-2H3/t23-,24+,25-,26-,27-/m1/s1. The Morgan fingerprint density at radius 3 is 2.03 bits per heavy atom. The van der Waals surface area contributed by atoms with Crippen LogP contribution in [0.3, 0.4) is 0 Å². The van der Waals surface area contributed by atoms with Gasteiger partial charge in [-0.3, -0.25) is 4.90 Å². The van der Waals surface area contributed by atoms with Gasteiger partial charge in [0.15, 0.2) is 0 Å². The summed E-state index contributed by atoms with van der Waals surface area (Å²) in [6.45, 7) is 3.50. The fourth-order valence-electron chi connectivity index (χ4n) is 4.05. The molecule has 6 N–H and O–H groups in total. The second-order valence-corrected chi connectivity index (χ2v) is 9.71. The first-order valence-electron chi connectivity index (χ1n) is 13.7. The molecule has 5 atom stereocenters. The molecule has 0 heterocycles. The topological polar surface area (TPSA) is 134 Å². The van der Waals surface area contributed by atoms with Crippen LogP contribution in [-0.4, -0.2) is 106 Å². The summed E-state index contributed by atoms with van der Waals surface area (Å²) in [7, 11) is 1.61. The number of nitrogens with zero attached hydrogens (tertiary/aromatic N) is 1. The predicted octanol–water partition coefficient (Wildman–Crippen LogP) is 2.38. The highest BCUT2D eigenvalue weighted by atomic mass is 16.5. The van der Waals surface area contributed by atoms with Crippen molar-refractivity contribution in [2.75, 3.05) is 40.0 Å². The van der Waals surface area contributed by atoms with Crippen molar-refractivity contribution in [3.05, 3.63) is 12.2 Å². The van der Waals surface area contributed by atoms with Crippen molar-refractivity contribution in [1.82, 2.24) is 4.90 Å². The molecule has 0 radical (unpaired) electrons. The molecule has 210 valence electrons. The molecule has 35 heavy (non-hydrogen) atoms. The van der Waals surface area contributed by atoms with Gasteiger partial charge < -0.3 is 35.4 Å². The Labute approximate surface area is 213 Å². The van der Waals surface area contributed by atoms with Crippen LogP contribution < -0.4 is 0 Å². The summed E-state index contributed by atoms with van der Waals surface area (Å²) in [6.07, 6.45) is 12.5. The lowest BCUT2D eigenvalue weighted by molar-refractivity contribution is -0.119. The van der Waals surface area contributed by atoms with Gasteiger partial charge in [-0.2, -0.15) is 0 Å². The molecular formula is C27H55NO7. The Morgan fingerprint density at radius 1 is 0.743 bits per heavy atom. The third-order valence-electron chi connectivity index (χ3n) is 6.44. The van der Waals surface area contributed by atoms with E-state index >= 15 is 0 Å². The molecule has 0 aromatic heterocycles. The van der Waals surface area contributed by atoms with Crippen LogP contribution in [0.15, 0.2) is 12.2 Å². The van der Waals surface area contributed by atoms with Gasteiger partial charge in [-0.25, -0.2) is 0 Å². The highest BCUT2D eigenvalue weighted by molar-refractivity contribution is 4.84. The maximum atomic E-state index is 10.2. The van der Waals surface area contributed by atoms with E-state index in [9.17, 15) is 25.5 Å². The Bertz CT molecular complexity index is 480. The largest absolute Gasteiger partial charge is 0.394 e. The van der Waals surface area contributed by atoms with Gasteiger partial charge in [0.05, 0.1) is 25.4 Å². The van der Waals surface area contributed by atoms with Gasteiger partial charge in [-0.05, 0) is 38.6 Å². The van der Waals surface area contributed by atoms with Crippen molar-refractivity contribution in [2.45, 2.75) is 121 Å². The first-order valence-corrected chi connectivity index (χ1v) is 13.7. The van der Waals surface area contributed by atoms with Crippen molar-refractivity contribution >= 4 is 0 Å². The third-order valence-corrected chi connectivity index (χ3v) is 6.44. The Balaban J connectivity index is 3.94. The first kappa shape index (κ1) is 34.4. The summed E-state index contributed by atoms with van der Waals surface area (Å²) in [4.78, 5) is 1.98. The molecule has 8 nitrogen and oxygen atoms in total. The summed E-state index contributed by atoms with van der Waals surface area (Å²) in [5.74, 6) is 0. The zero-order valence-corrected chi connectivity index (χ0v) is 22.3. The molecule has 0 aromatic rings. The molecule has 0 amide bonds. The summed E-state index contributed by atoms with van der Waals surface area (Å²) in [6, 6.07) is 0. The van der Waals surface area contributed by atoms with Gasteiger partial charge in [0.25, 0.3) is 0 Å². The van der Waals surface area contributed by atoms with Crippen LogP contribution in [0, 0.1) is 0 Å². The number of allylic oxidation sites excluding steroid dienone is 1. The maximum absolute atomic E-state index is 10.2. The number of rotatable bonds is 25. The van der Waals surface area contributed by atoms with E-state index in [1.54, 1.807) is 7.11 Å². The van der Waals surface area contributed by atoms with Crippen molar-refractivity contribution in [1.29, 1.82) is 0 Å². The monoisotopic (exact) mass is 505 g/mol. The number of methoxy groups -OCH3 is 1. The number of ether oxygens (including phenoxy) is 1. The molecule has 0 saturated heterocycles. The van der Waals surface area contributed by atoms with E-state index < -0.39 is 31.0 Å². The average Bonchev–Trinajstić information content (AvgIpc) is 2.86. The van der Waals surface area contributed by atoms with E-state index in [0.29, 0.717) is 13.2 Å². The molecule has 0 unspecified atom stereocenters. The fourth-order valence-corrected chi connectivity index (χ4v) is 4.05. The molecule has 8 heteroatoms. The molecule has 0 bridgehead atoms. The molecule has 0 aliphatic heterocycles. The Hall–Kier alpha value is -0.580. The van der Waals surface area contributed by atoms with Crippen LogP contribution in [0.4, 0.5) is 0 Å². The van der Waals surface area contributed by atoms with E-state index in [2.05, 4.69) is 19.1 Å². The lowest BCUT2D eigenvalue weighted by atomic mass is 10.0. The van der Waals surface area contributed by atoms with E-state index in [1.165, 1.54) is 32.1 Å². The minimum absolute atomic E-state index is 0.152. The lowest BCUT2D eigenvalue weighted by Crippen LogP contribution is -2.50. The van der Waals surface area contributed by atoms with Crippen molar-refractivity contribution in [3.63, 3.8) is 0 Å². The van der Waals surface area contributed by atoms with Gasteiger partial charge in [-0.15, -0.1) is 0 Å². The van der Waals surface area contributed by atoms with Crippen LogP contribution in [-0.2, 0) is 4.74 Å². The Kier molecular flexibility index (Phi) is 23.4. The van der Waals surface area contributed by atoms with Crippen molar-refractivity contribution < 1.29 is 35.4 Å². The number of hydrogen-bond donors (Lipinski definition) is 6. The van der Waals surface area contributed by atoms with Crippen LogP contribution >= 0.6 is 0 Å². The molecule has 0 saturated carbocycles. The minimum atomic E-state index is -1.60. The lowest BCUT2D eigenvalue weighted by Gasteiger charge is -2.30. The average molecular weight is 506 g/mol. The number of aliphatic hydroxyl groups is 6. The molecule has 0 aromatic carbocycles. The zero-order valence-electron chi connectivity index (χ0n) is 22.3. The van der Waals surface area contributed by atoms with Gasteiger partial charge in [0.2, 0.25) is 0 Å². The fraction of sp³-hybridized carbons (Fsp3) is 0.926. The highest BCUT2D eigenvalue weighted by Gasteiger charge is 2.30. The van der Waals surface area contributed by atoms with E-state index in [1.807, 2.05) is 4.90 Å². The molecule has 0 fully saturated rings. The molecule has 0 spiro atoms. The summed E-state index contributed by atoms with van der Waals surface area (Å²) in [5, 5.41) is 58.4. The van der Waals surface area contributed by atoms with Gasteiger partial charge in [0, 0.05) is 20.2 Å². The summed E-state index contributed by atoms with van der Waals surface area (Å²) < 4.78 is 5.13. The van der Waals surface area contributed by atoms with E-state index in [-0.39, 0.29) is 12.6 Å². The summed E-state index contributed by atoms with van der Waals surface area (Å²) in [5.41, 5.74) is 0. The predicted molar refractivity (Wildman–Crippen MR) is 140 cm³/mol. The molecular weight excluding hydrogens is 450 g/mol. The van der Waals surface area contributed by atoms with Crippen molar-refractivity contribution in [2.24, 2.45) is 0 Å². The zero-order chi connectivity index (χ0) is 26.3. The SMILES string of the molecule is CCCCCC[C@@H](O)CC=CCCCCCCCCN(CCOC)C[C@H](O)[C@@H](O)[C@H](O)[C@H](O)CO. The van der Waals surface area contributed by atoms with E-state index in [4.69, 9.17) is 9.84 Å². The normalized spacial score (nSPS) is 16.6. The van der Waals surface area contributed by atoms with Crippen LogP contribution in [0.2, 0.25) is 0 Å².